The molecule has 1 saturated heterocycles. The molecule has 2 fully saturated rings. The van der Waals surface area contributed by atoms with Gasteiger partial charge in [0.2, 0.25) is 5.91 Å². The highest BCUT2D eigenvalue weighted by Gasteiger charge is 2.56. The Morgan fingerprint density at radius 1 is 1.12 bits per heavy atom. The number of imide groups is 1. The van der Waals surface area contributed by atoms with Crippen molar-refractivity contribution in [3.05, 3.63) is 77.4 Å². The summed E-state index contributed by atoms with van der Waals surface area (Å²) in [5, 5.41) is 16.2. The number of hydrogen-bond donors (Lipinski definition) is 2. The summed E-state index contributed by atoms with van der Waals surface area (Å²) in [5.74, 6) is -4.98. The van der Waals surface area contributed by atoms with Gasteiger partial charge in [0.25, 0.3) is 11.8 Å². The quantitative estimate of drug-likeness (QED) is 0.396. The molecule has 2 heterocycles. The van der Waals surface area contributed by atoms with E-state index in [2.05, 4.69) is 10.4 Å². The van der Waals surface area contributed by atoms with Gasteiger partial charge in [-0.25, -0.2) is 18.0 Å². The maximum atomic E-state index is 14.8. The van der Waals surface area contributed by atoms with Crippen LogP contribution in [0.5, 0.6) is 0 Å². The fraction of sp³-hybridized carbons (Fsp3) is 0.400. The summed E-state index contributed by atoms with van der Waals surface area (Å²) in [4.78, 5) is 42.3. The lowest BCUT2D eigenvalue weighted by Crippen LogP contribution is -2.51. The lowest BCUT2D eigenvalue weighted by molar-refractivity contribution is -0.147. The van der Waals surface area contributed by atoms with Gasteiger partial charge in [-0.05, 0) is 60.1 Å². The average molecular weight is 582 g/mol. The van der Waals surface area contributed by atoms with Gasteiger partial charge in [-0.15, -0.1) is 0 Å². The molecule has 9 nitrogen and oxygen atoms in total. The Bertz CT molecular complexity index is 1540. The van der Waals surface area contributed by atoms with Gasteiger partial charge in [0, 0.05) is 24.7 Å². The molecule has 2 N–H and O–H groups in total. The van der Waals surface area contributed by atoms with Crippen LogP contribution in [0.15, 0.2) is 54.9 Å². The summed E-state index contributed by atoms with van der Waals surface area (Å²) >= 11 is 0. The van der Waals surface area contributed by atoms with Crippen LogP contribution in [0.3, 0.4) is 0 Å². The summed E-state index contributed by atoms with van der Waals surface area (Å²) in [6, 6.07) is 8.62. The maximum absolute atomic E-state index is 14.8. The number of aliphatic hydroxyl groups excluding tert-OH is 1. The van der Waals surface area contributed by atoms with Crippen LogP contribution in [0, 0.1) is 5.82 Å². The highest BCUT2D eigenvalue weighted by Crippen LogP contribution is 2.43. The molecule has 2 atom stereocenters. The van der Waals surface area contributed by atoms with E-state index in [1.807, 2.05) is 18.3 Å². The summed E-state index contributed by atoms with van der Waals surface area (Å²) in [6.45, 7) is -0.559. The highest BCUT2D eigenvalue weighted by molar-refractivity contribution is 6.10. The number of carbonyl (C=O) groups is 3. The monoisotopic (exact) mass is 581 g/mol. The van der Waals surface area contributed by atoms with Crippen molar-refractivity contribution in [3.63, 3.8) is 0 Å². The normalized spacial score (nSPS) is 22.6. The molecule has 1 unspecified atom stereocenters. The van der Waals surface area contributed by atoms with Crippen molar-refractivity contribution in [1.82, 2.24) is 24.9 Å². The van der Waals surface area contributed by atoms with Crippen molar-refractivity contribution in [2.45, 2.75) is 62.7 Å². The zero-order valence-corrected chi connectivity index (χ0v) is 22.7. The molecular weight excluding hydrogens is 551 g/mol. The molecule has 2 aliphatic carbocycles. The molecule has 220 valence electrons. The summed E-state index contributed by atoms with van der Waals surface area (Å²) < 4.78 is 44.7. The first-order valence-corrected chi connectivity index (χ1v) is 13.9. The average Bonchev–Trinajstić information content (AvgIpc) is 3.72. The van der Waals surface area contributed by atoms with Crippen LogP contribution in [0.4, 0.5) is 18.0 Å². The molecule has 3 aliphatic rings. The van der Waals surface area contributed by atoms with Gasteiger partial charge in [-0.2, -0.15) is 5.10 Å². The molecule has 1 aliphatic heterocycles. The third-order valence-corrected chi connectivity index (χ3v) is 8.54. The minimum absolute atomic E-state index is 0.0400. The van der Waals surface area contributed by atoms with Crippen LogP contribution in [0.1, 0.15) is 42.4 Å². The van der Waals surface area contributed by atoms with E-state index in [0.29, 0.717) is 30.5 Å². The van der Waals surface area contributed by atoms with E-state index in [1.54, 1.807) is 16.9 Å². The molecule has 1 spiro atoms. The number of halogens is 3. The smallest absolute Gasteiger partial charge is 0.325 e. The third kappa shape index (κ3) is 4.83. The molecule has 2 aromatic carbocycles. The Labute approximate surface area is 239 Å². The lowest BCUT2D eigenvalue weighted by Gasteiger charge is -2.34. The van der Waals surface area contributed by atoms with Gasteiger partial charge >= 0.3 is 6.03 Å². The summed E-state index contributed by atoms with van der Waals surface area (Å²) in [7, 11) is 0. The second-order valence-corrected chi connectivity index (χ2v) is 11.1. The molecule has 1 saturated carbocycles. The Morgan fingerprint density at radius 3 is 2.62 bits per heavy atom. The fourth-order valence-electron chi connectivity index (χ4n) is 6.39. The number of benzene rings is 2. The molecule has 4 amide bonds. The SMILES string of the molecule is O=C1N[C@]2(CCc3cc(-c4cnn(CCO)c4)ccc32)C(=O)N1CC(=O)N(Cc1ccc(F)cc1)C1CCCC1(F)F. The van der Waals surface area contributed by atoms with Crippen LogP contribution < -0.4 is 5.32 Å². The van der Waals surface area contributed by atoms with Crippen LogP contribution in [0.2, 0.25) is 0 Å². The predicted octanol–water partition coefficient (Wildman–Crippen LogP) is 3.59. The Kier molecular flexibility index (Phi) is 7.04. The second kappa shape index (κ2) is 10.6. The van der Waals surface area contributed by atoms with Gasteiger partial charge in [0.15, 0.2) is 0 Å². The van der Waals surface area contributed by atoms with E-state index < -0.39 is 47.7 Å². The van der Waals surface area contributed by atoms with E-state index in [0.717, 1.165) is 26.5 Å². The number of aliphatic hydroxyl groups is 1. The largest absolute Gasteiger partial charge is 0.394 e. The molecule has 3 aromatic rings. The number of amides is 4. The van der Waals surface area contributed by atoms with Gasteiger partial charge in [-0.3, -0.25) is 19.2 Å². The standard InChI is InChI=1S/C30H30F3N5O4/c31-23-6-3-19(4-7-23)16-37(25-2-1-10-30(25,32)33)26(40)18-38-27(41)29(35-28(38)42)11-9-21-14-20(5-8-24(21)29)22-15-34-36(17-22)12-13-39/h3-8,14-15,17,25,39H,1-2,9-13,16,18H2,(H,35,42)/t25?,29-/m0/s1. The summed E-state index contributed by atoms with van der Waals surface area (Å²) in [6.07, 6.45) is 4.25. The Hall–Kier alpha value is -4.19. The van der Waals surface area contributed by atoms with Crippen molar-refractivity contribution < 1.29 is 32.7 Å². The molecule has 0 bridgehead atoms. The topological polar surface area (TPSA) is 108 Å². The maximum Gasteiger partial charge on any atom is 0.325 e. The second-order valence-electron chi connectivity index (χ2n) is 11.1. The number of nitrogens with zero attached hydrogens (tertiary/aromatic N) is 4. The number of carbonyl (C=O) groups excluding carboxylic acids is 3. The number of fused-ring (bicyclic) bond motifs is 2. The zero-order chi connectivity index (χ0) is 29.6. The van der Waals surface area contributed by atoms with E-state index in [4.69, 9.17) is 5.11 Å². The number of hydrogen-bond acceptors (Lipinski definition) is 5. The number of nitrogens with one attached hydrogen (secondary N) is 1. The number of aryl methyl sites for hydroxylation is 1. The van der Waals surface area contributed by atoms with Crippen LogP contribution in [-0.4, -0.2) is 67.6 Å². The van der Waals surface area contributed by atoms with Crippen molar-refractivity contribution in [2.24, 2.45) is 0 Å². The van der Waals surface area contributed by atoms with E-state index in [9.17, 15) is 27.6 Å². The molecule has 42 heavy (non-hydrogen) atoms. The molecule has 0 radical (unpaired) electrons. The summed E-state index contributed by atoms with van der Waals surface area (Å²) in [5.41, 5.74) is 2.33. The fourth-order valence-corrected chi connectivity index (χ4v) is 6.39. The number of aromatic nitrogens is 2. The van der Waals surface area contributed by atoms with Gasteiger partial charge in [0.1, 0.15) is 17.9 Å². The van der Waals surface area contributed by atoms with Crippen molar-refractivity contribution >= 4 is 17.8 Å². The number of rotatable bonds is 8. The van der Waals surface area contributed by atoms with Gasteiger partial charge in [0.05, 0.1) is 25.4 Å². The predicted molar refractivity (Wildman–Crippen MR) is 145 cm³/mol. The van der Waals surface area contributed by atoms with Gasteiger partial charge in [-0.1, -0.05) is 30.3 Å². The Balaban J connectivity index is 1.23. The first-order chi connectivity index (χ1) is 20.1. The van der Waals surface area contributed by atoms with Crippen molar-refractivity contribution in [3.8, 4) is 11.1 Å². The number of urea groups is 1. The van der Waals surface area contributed by atoms with Crippen LogP contribution >= 0.6 is 0 Å². The van der Waals surface area contributed by atoms with E-state index in [-0.39, 0.29) is 32.4 Å². The van der Waals surface area contributed by atoms with Gasteiger partial charge < -0.3 is 15.3 Å². The minimum atomic E-state index is -3.12. The van der Waals surface area contributed by atoms with E-state index >= 15 is 0 Å². The van der Waals surface area contributed by atoms with E-state index in [1.165, 1.54) is 24.3 Å². The van der Waals surface area contributed by atoms with Crippen molar-refractivity contribution in [2.75, 3.05) is 13.2 Å². The zero-order valence-electron chi connectivity index (χ0n) is 22.7. The molecule has 12 heteroatoms. The molecule has 6 rings (SSSR count). The first-order valence-electron chi connectivity index (χ1n) is 13.9. The molecule has 1 aromatic heterocycles. The Morgan fingerprint density at radius 2 is 1.90 bits per heavy atom. The third-order valence-electron chi connectivity index (χ3n) is 8.54. The lowest BCUT2D eigenvalue weighted by atomic mass is 9.90. The van der Waals surface area contributed by atoms with Crippen LogP contribution in [-0.2, 0) is 34.6 Å². The molecular formula is C30H30F3N5O4. The van der Waals surface area contributed by atoms with Crippen LogP contribution in [0.25, 0.3) is 11.1 Å². The highest BCUT2D eigenvalue weighted by atomic mass is 19.3. The number of alkyl halides is 2. The minimum Gasteiger partial charge on any atom is -0.394 e. The first kappa shape index (κ1) is 28.0. The van der Waals surface area contributed by atoms with Crippen molar-refractivity contribution in [1.29, 1.82) is 0 Å².